The lowest BCUT2D eigenvalue weighted by molar-refractivity contribution is 0.0697. The van der Waals surface area contributed by atoms with Crippen molar-refractivity contribution in [3.8, 4) is 5.82 Å². The van der Waals surface area contributed by atoms with E-state index in [1.165, 1.54) is 37.4 Å². The third-order valence-electron chi connectivity index (χ3n) is 3.62. The van der Waals surface area contributed by atoms with E-state index in [9.17, 15) is 18.3 Å². The Hall–Kier alpha value is -4.21. The van der Waals surface area contributed by atoms with E-state index in [4.69, 9.17) is 0 Å². The van der Waals surface area contributed by atoms with Crippen LogP contribution in [0.15, 0.2) is 35.0 Å². The zero-order valence-electron chi connectivity index (χ0n) is 16.5. The second-order valence-corrected chi connectivity index (χ2v) is 7.58. The Labute approximate surface area is 175 Å². The highest BCUT2D eigenvalue weighted by Crippen LogP contribution is 2.34. The van der Waals surface area contributed by atoms with Gasteiger partial charge in [-0.15, -0.1) is 10.2 Å². The van der Waals surface area contributed by atoms with Gasteiger partial charge in [-0.05, 0) is 0 Å². The summed E-state index contributed by atoms with van der Waals surface area (Å²) in [5, 5.41) is 27.1. The van der Waals surface area contributed by atoms with Crippen LogP contribution < -0.4 is 15.4 Å². The van der Waals surface area contributed by atoms with E-state index in [1.54, 1.807) is 0 Å². The van der Waals surface area contributed by atoms with Crippen molar-refractivity contribution >= 4 is 45.1 Å². The number of azo groups is 1. The molecule has 0 saturated heterocycles. The Bertz CT molecular complexity index is 1220. The quantitative estimate of drug-likeness (QED) is 0.359. The number of carboxylic acids is 1. The maximum atomic E-state index is 11.6. The van der Waals surface area contributed by atoms with Crippen molar-refractivity contribution in [3.63, 3.8) is 0 Å². The Kier molecular flexibility index (Phi) is 6.00. The van der Waals surface area contributed by atoms with Crippen molar-refractivity contribution in [1.29, 1.82) is 0 Å². The van der Waals surface area contributed by atoms with Crippen molar-refractivity contribution in [2.45, 2.75) is 0 Å². The molecule has 0 atom stereocenters. The first kappa shape index (κ1) is 21.5. The SMILES string of the molecule is CNc1nc(NS(C)(=O)=O)nc(NC)c1/N=N/c1c(C(=O)O)cnn1-c1cnccn1. The minimum Gasteiger partial charge on any atom is -0.477 e. The third-order valence-corrected chi connectivity index (χ3v) is 4.17. The highest BCUT2D eigenvalue weighted by Gasteiger charge is 2.20. The van der Waals surface area contributed by atoms with Crippen molar-refractivity contribution < 1.29 is 18.3 Å². The van der Waals surface area contributed by atoms with Gasteiger partial charge < -0.3 is 15.7 Å². The number of nitrogens with zero attached hydrogens (tertiary/aromatic N) is 8. The molecule has 0 saturated carbocycles. The van der Waals surface area contributed by atoms with Crippen LogP contribution in [0.3, 0.4) is 0 Å². The number of rotatable bonds is 8. The lowest BCUT2D eigenvalue weighted by atomic mass is 10.3. The number of nitrogens with one attached hydrogen (secondary N) is 3. The van der Waals surface area contributed by atoms with E-state index in [-0.39, 0.29) is 40.5 Å². The fourth-order valence-electron chi connectivity index (χ4n) is 2.36. The molecular formula is C15H17N11O4S. The van der Waals surface area contributed by atoms with Crippen LogP contribution in [-0.4, -0.2) is 69.6 Å². The maximum absolute atomic E-state index is 11.6. The lowest BCUT2D eigenvalue weighted by Gasteiger charge is -2.11. The van der Waals surface area contributed by atoms with Gasteiger partial charge in [-0.1, -0.05) is 0 Å². The smallest absolute Gasteiger partial charge is 0.341 e. The fourth-order valence-corrected chi connectivity index (χ4v) is 2.79. The fraction of sp³-hybridized carbons (Fsp3) is 0.200. The zero-order chi connectivity index (χ0) is 22.6. The van der Waals surface area contributed by atoms with Gasteiger partial charge in [-0.25, -0.2) is 18.2 Å². The van der Waals surface area contributed by atoms with Gasteiger partial charge in [0.05, 0.1) is 18.6 Å². The van der Waals surface area contributed by atoms with Gasteiger partial charge in [0, 0.05) is 26.5 Å². The summed E-state index contributed by atoms with van der Waals surface area (Å²) in [4.78, 5) is 27.7. The first-order chi connectivity index (χ1) is 14.7. The summed E-state index contributed by atoms with van der Waals surface area (Å²) in [7, 11) is -0.535. The van der Waals surface area contributed by atoms with Crippen molar-refractivity contribution in [1.82, 2.24) is 29.7 Å². The Morgan fingerprint density at radius 2 is 1.77 bits per heavy atom. The minimum absolute atomic E-state index is 0.104. The predicted molar refractivity (Wildman–Crippen MR) is 110 cm³/mol. The van der Waals surface area contributed by atoms with Crippen molar-refractivity contribution in [2.75, 3.05) is 35.7 Å². The second kappa shape index (κ2) is 8.66. The first-order valence-electron chi connectivity index (χ1n) is 8.48. The molecule has 0 amide bonds. The van der Waals surface area contributed by atoms with E-state index in [0.29, 0.717) is 0 Å². The molecule has 3 rings (SSSR count). The summed E-state index contributed by atoms with van der Waals surface area (Å²) >= 11 is 0. The predicted octanol–water partition coefficient (Wildman–Crippen LogP) is 1.02. The number of carboxylic acid groups (broad SMARTS) is 1. The van der Waals surface area contributed by atoms with Crippen LogP contribution in [0.4, 0.5) is 29.1 Å². The number of anilines is 3. The van der Waals surface area contributed by atoms with Gasteiger partial charge in [0.2, 0.25) is 16.0 Å². The van der Waals surface area contributed by atoms with Gasteiger partial charge in [0.1, 0.15) is 5.56 Å². The Morgan fingerprint density at radius 1 is 1.10 bits per heavy atom. The topological polar surface area (TPSA) is 202 Å². The van der Waals surface area contributed by atoms with E-state index >= 15 is 0 Å². The van der Waals surface area contributed by atoms with Crippen LogP contribution in [0.5, 0.6) is 0 Å². The van der Waals surface area contributed by atoms with Gasteiger partial charge in [-0.2, -0.15) is 19.7 Å². The number of aromatic nitrogens is 6. The molecule has 0 aliphatic carbocycles. The number of hydrogen-bond acceptors (Lipinski definition) is 12. The molecule has 0 spiro atoms. The maximum Gasteiger partial charge on any atom is 0.341 e. The third kappa shape index (κ3) is 4.86. The first-order valence-corrected chi connectivity index (χ1v) is 10.4. The normalized spacial score (nSPS) is 11.5. The molecule has 4 N–H and O–H groups in total. The van der Waals surface area contributed by atoms with Crippen LogP contribution in [0.1, 0.15) is 10.4 Å². The number of aromatic carboxylic acids is 1. The van der Waals surface area contributed by atoms with Crippen molar-refractivity contribution in [2.24, 2.45) is 10.2 Å². The average Bonchev–Trinajstić information content (AvgIpc) is 3.15. The lowest BCUT2D eigenvalue weighted by Crippen LogP contribution is -2.14. The highest BCUT2D eigenvalue weighted by atomic mass is 32.2. The van der Waals surface area contributed by atoms with E-state index < -0.39 is 16.0 Å². The van der Waals surface area contributed by atoms with Crippen LogP contribution in [0, 0.1) is 0 Å². The summed E-state index contributed by atoms with van der Waals surface area (Å²) in [5.41, 5.74) is -0.116. The number of hydrogen-bond donors (Lipinski definition) is 4. The Balaban J connectivity index is 2.11. The van der Waals surface area contributed by atoms with Crippen molar-refractivity contribution in [3.05, 3.63) is 30.4 Å². The molecule has 3 aromatic rings. The zero-order valence-corrected chi connectivity index (χ0v) is 17.3. The molecular weight excluding hydrogens is 430 g/mol. The minimum atomic E-state index is -3.61. The summed E-state index contributed by atoms with van der Waals surface area (Å²) in [6.45, 7) is 0. The van der Waals surface area contributed by atoms with Gasteiger partial charge in [0.15, 0.2) is 29.0 Å². The van der Waals surface area contributed by atoms with E-state index in [0.717, 1.165) is 12.5 Å². The number of sulfonamides is 1. The summed E-state index contributed by atoms with van der Waals surface area (Å²) in [6.07, 6.45) is 6.32. The van der Waals surface area contributed by atoms with Gasteiger partial charge in [-0.3, -0.25) is 9.71 Å². The van der Waals surface area contributed by atoms with E-state index in [1.807, 2.05) is 0 Å². The van der Waals surface area contributed by atoms with E-state index in [2.05, 4.69) is 50.6 Å². The molecule has 0 aliphatic heterocycles. The molecule has 3 aromatic heterocycles. The molecule has 3 heterocycles. The summed E-state index contributed by atoms with van der Waals surface area (Å²) in [5.74, 6) is -1.07. The summed E-state index contributed by atoms with van der Waals surface area (Å²) < 4.78 is 26.3. The largest absolute Gasteiger partial charge is 0.477 e. The molecule has 0 bridgehead atoms. The molecule has 0 aliphatic rings. The standard InChI is InChI=1S/C15H17N11O4S/c1-16-11-10(12(17-2)22-15(21-11)25-31(3,29)30)23-24-13-8(14(27)28)6-20-26(13)9-7-18-4-5-19-9/h4-7H,1-3H3,(H,27,28)(H3,16,17,21,22,25)/b24-23+. The van der Waals surface area contributed by atoms with Gasteiger partial charge >= 0.3 is 5.97 Å². The molecule has 0 radical (unpaired) electrons. The van der Waals surface area contributed by atoms with Crippen LogP contribution in [0.2, 0.25) is 0 Å². The molecule has 16 heteroatoms. The highest BCUT2D eigenvalue weighted by molar-refractivity contribution is 7.91. The molecule has 162 valence electrons. The molecule has 0 aromatic carbocycles. The summed E-state index contributed by atoms with van der Waals surface area (Å²) in [6, 6.07) is 0. The van der Waals surface area contributed by atoms with Gasteiger partial charge in [0.25, 0.3) is 0 Å². The van der Waals surface area contributed by atoms with Crippen LogP contribution >= 0.6 is 0 Å². The molecule has 0 unspecified atom stereocenters. The average molecular weight is 447 g/mol. The molecule has 15 nitrogen and oxygen atoms in total. The Morgan fingerprint density at radius 3 is 2.29 bits per heavy atom. The van der Waals surface area contributed by atoms with Crippen LogP contribution in [0.25, 0.3) is 5.82 Å². The second-order valence-electron chi connectivity index (χ2n) is 5.83. The molecule has 0 fully saturated rings. The number of carbonyl (C=O) groups is 1. The van der Waals surface area contributed by atoms with Crippen LogP contribution in [-0.2, 0) is 10.0 Å². The molecule has 31 heavy (non-hydrogen) atoms. The monoisotopic (exact) mass is 447 g/mol.